The molecule has 24 heavy (non-hydrogen) atoms. The van der Waals surface area contributed by atoms with Crippen LogP contribution in [0.2, 0.25) is 0 Å². The van der Waals surface area contributed by atoms with Crippen molar-refractivity contribution in [3.05, 3.63) is 63.4 Å². The highest BCUT2D eigenvalue weighted by Crippen LogP contribution is 2.30. The lowest BCUT2D eigenvalue weighted by atomic mass is 10.1. The van der Waals surface area contributed by atoms with Crippen molar-refractivity contribution in [3.63, 3.8) is 0 Å². The van der Waals surface area contributed by atoms with Gasteiger partial charge in [0.1, 0.15) is 11.0 Å². The topological polar surface area (TPSA) is 25.8 Å². The standard InChI is InChI=1S/C11H14S2.C8H8N2S/c1-4-5-6-10(12-3)11-8-7-9(2)13-11;1-5-3-4-6(2)8-7(5)9-11-10-8/h4-8H,1-3H3;3-4H,1-2H3/b5-4+,10-6-;. The van der Waals surface area contributed by atoms with E-state index in [1.165, 1.54) is 37.5 Å². The largest absolute Gasteiger partial charge is 0.173 e. The molecular weight excluding hydrogens is 352 g/mol. The minimum absolute atomic E-state index is 1.05. The molecular formula is C19H22N2S3. The Bertz CT molecular complexity index is 821. The number of thiophene rings is 1. The molecule has 3 aromatic rings. The molecule has 5 heteroatoms. The van der Waals surface area contributed by atoms with Gasteiger partial charge in [0, 0.05) is 14.7 Å². The van der Waals surface area contributed by atoms with Crippen LogP contribution in [0.5, 0.6) is 0 Å². The number of rotatable bonds is 3. The van der Waals surface area contributed by atoms with E-state index in [1.54, 1.807) is 11.8 Å². The number of thioether (sulfide) groups is 1. The van der Waals surface area contributed by atoms with Crippen molar-refractivity contribution in [2.75, 3.05) is 6.26 Å². The van der Waals surface area contributed by atoms with Crippen molar-refractivity contribution in [2.24, 2.45) is 0 Å². The van der Waals surface area contributed by atoms with Gasteiger partial charge in [-0.25, -0.2) is 0 Å². The average molecular weight is 375 g/mol. The van der Waals surface area contributed by atoms with Crippen LogP contribution in [-0.2, 0) is 0 Å². The van der Waals surface area contributed by atoms with E-state index in [0.29, 0.717) is 0 Å². The molecule has 3 rings (SSSR count). The fourth-order valence-electron chi connectivity index (χ4n) is 2.12. The van der Waals surface area contributed by atoms with Crippen LogP contribution >= 0.6 is 34.8 Å². The maximum absolute atomic E-state index is 4.21. The van der Waals surface area contributed by atoms with Crippen LogP contribution in [0.25, 0.3) is 15.9 Å². The fourth-order valence-corrected chi connectivity index (χ4v) is 4.43. The van der Waals surface area contributed by atoms with Gasteiger partial charge in [-0.3, -0.25) is 0 Å². The van der Waals surface area contributed by atoms with E-state index in [9.17, 15) is 0 Å². The lowest BCUT2D eigenvalue weighted by Crippen LogP contribution is -1.79. The molecule has 126 valence electrons. The molecule has 0 N–H and O–H groups in total. The second kappa shape index (κ2) is 9.16. The fraction of sp³-hybridized carbons (Fsp3) is 0.263. The summed E-state index contributed by atoms with van der Waals surface area (Å²) >= 11 is 4.93. The van der Waals surface area contributed by atoms with Crippen molar-refractivity contribution in [1.29, 1.82) is 0 Å². The van der Waals surface area contributed by atoms with E-state index in [0.717, 1.165) is 11.0 Å². The first-order valence-electron chi connectivity index (χ1n) is 7.69. The highest BCUT2D eigenvalue weighted by molar-refractivity contribution is 8.07. The number of hydrogen-bond donors (Lipinski definition) is 0. The molecule has 0 aliphatic carbocycles. The van der Waals surface area contributed by atoms with E-state index in [1.807, 2.05) is 18.3 Å². The van der Waals surface area contributed by atoms with Crippen LogP contribution < -0.4 is 0 Å². The zero-order valence-electron chi connectivity index (χ0n) is 14.7. The maximum Gasteiger partial charge on any atom is 0.107 e. The van der Waals surface area contributed by atoms with Crippen molar-refractivity contribution < 1.29 is 0 Å². The van der Waals surface area contributed by atoms with Crippen molar-refractivity contribution in [3.8, 4) is 0 Å². The third-order valence-electron chi connectivity index (χ3n) is 3.46. The highest BCUT2D eigenvalue weighted by Gasteiger charge is 2.03. The van der Waals surface area contributed by atoms with Gasteiger partial charge in [0.2, 0.25) is 0 Å². The van der Waals surface area contributed by atoms with Gasteiger partial charge in [0.25, 0.3) is 0 Å². The molecule has 2 heterocycles. The summed E-state index contributed by atoms with van der Waals surface area (Å²) < 4.78 is 8.42. The lowest BCUT2D eigenvalue weighted by Gasteiger charge is -1.97. The molecule has 1 aromatic carbocycles. The first kappa shape index (κ1) is 18.9. The molecule has 0 aliphatic rings. The number of allylic oxidation sites excluding steroid dienone is 3. The molecule has 0 unspecified atom stereocenters. The molecule has 0 bridgehead atoms. The summed E-state index contributed by atoms with van der Waals surface area (Å²) in [6.07, 6.45) is 8.41. The number of fused-ring (bicyclic) bond motifs is 1. The van der Waals surface area contributed by atoms with Crippen molar-refractivity contribution >= 4 is 50.8 Å². The van der Waals surface area contributed by atoms with Crippen molar-refractivity contribution in [2.45, 2.75) is 27.7 Å². The van der Waals surface area contributed by atoms with E-state index in [-0.39, 0.29) is 0 Å². The van der Waals surface area contributed by atoms with Gasteiger partial charge in [-0.1, -0.05) is 24.3 Å². The van der Waals surface area contributed by atoms with Gasteiger partial charge in [-0.15, -0.1) is 23.1 Å². The zero-order chi connectivity index (χ0) is 17.5. The SMILES string of the molecule is C/C=C/C=C(\SC)c1ccc(C)s1.Cc1ccc(C)c2nsnc12. The second-order valence-electron chi connectivity index (χ2n) is 5.33. The normalized spacial score (nSPS) is 11.8. The van der Waals surface area contributed by atoms with Crippen molar-refractivity contribution in [1.82, 2.24) is 8.75 Å². The number of hydrogen-bond acceptors (Lipinski definition) is 5. The van der Waals surface area contributed by atoms with Gasteiger partial charge in [0.05, 0.1) is 11.7 Å². The van der Waals surface area contributed by atoms with Crippen LogP contribution in [0.15, 0.2) is 42.5 Å². The maximum atomic E-state index is 4.21. The Morgan fingerprint density at radius 1 is 1.00 bits per heavy atom. The molecule has 2 aromatic heterocycles. The molecule has 0 aliphatic heterocycles. The Labute approximate surface area is 156 Å². The minimum atomic E-state index is 1.05. The molecule has 2 nitrogen and oxygen atoms in total. The Balaban J connectivity index is 0.000000175. The highest BCUT2D eigenvalue weighted by atomic mass is 32.2. The van der Waals surface area contributed by atoms with Gasteiger partial charge in [-0.05, 0) is 63.3 Å². The minimum Gasteiger partial charge on any atom is -0.173 e. The first-order valence-corrected chi connectivity index (χ1v) is 10.5. The summed E-state index contributed by atoms with van der Waals surface area (Å²) in [4.78, 5) is 4.08. The zero-order valence-corrected chi connectivity index (χ0v) is 17.1. The van der Waals surface area contributed by atoms with Crippen LogP contribution in [0.3, 0.4) is 0 Å². The molecule has 0 amide bonds. The van der Waals surface area contributed by atoms with Crippen LogP contribution in [0, 0.1) is 20.8 Å². The summed E-state index contributed by atoms with van der Waals surface area (Å²) in [7, 11) is 0. The Hall–Kier alpha value is -1.43. The van der Waals surface area contributed by atoms with Gasteiger partial charge in [-0.2, -0.15) is 8.75 Å². The van der Waals surface area contributed by atoms with E-state index in [4.69, 9.17) is 0 Å². The monoisotopic (exact) mass is 374 g/mol. The van der Waals surface area contributed by atoms with Gasteiger partial charge in [0.15, 0.2) is 0 Å². The smallest absolute Gasteiger partial charge is 0.107 e. The molecule has 0 saturated heterocycles. The number of aromatic nitrogens is 2. The Morgan fingerprint density at radius 3 is 2.08 bits per heavy atom. The third-order valence-corrected chi connectivity index (χ3v) is 5.95. The quantitative estimate of drug-likeness (QED) is 0.480. The summed E-state index contributed by atoms with van der Waals surface area (Å²) in [6, 6.07) is 8.52. The Kier molecular flexibility index (Phi) is 7.21. The molecule has 0 radical (unpaired) electrons. The van der Waals surface area contributed by atoms with Crippen LogP contribution in [-0.4, -0.2) is 15.0 Å². The molecule has 0 atom stereocenters. The van der Waals surface area contributed by atoms with E-state index in [2.05, 4.69) is 78.3 Å². The van der Waals surface area contributed by atoms with Gasteiger partial charge < -0.3 is 0 Å². The number of aryl methyl sites for hydroxylation is 3. The van der Waals surface area contributed by atoms with Crippen LogP contribution in [0.4, 0.5) is 0 Å². The number of nitrogens with zero attached hydrogens (tertiary/aromatic N) is 2. The Morgan fingerprint density at radius 2 is 1.62 bits per heavy atom. The summed E-state index contributed by atoms with van der Waals surface area (Å²) in [6.45, 7) is 8.29. The second-order valence-corrected chi connectivity index (χ2v) is 8.00. The van der Waals surface area contributed by atoms with Gasteiger partial charge >= 0.3 is 0 Å². The molecule has 0 fully saturated rings. The lowest BCUT2D eigenvalue weighted by molar-refractivity contribution is 1.42. The van der Waals surface area contributed by atoms with E-state index < -0.39 is 0 Å². The van der Waals surface area contributed by atoms with Crippen LogP contribution in [0.1, 0.15) is 27.8 Å². The summed E-state index contributed by atoms with van der Waals surface area (Å²) in [5.74, 6) is 0. The predicted molar refractivity (Wildman–Crippen MR) is 112 cm³/mol. The predicted octanol–water partition coefficient (Wildman–Crippen LogP) is 6.64. The summed E-state index contributed by atoms with van der Waals surface area (Å²) in [5, 5.41) is 0. The average Bonchev–Trinajstić information content (AvgIpc) is 3.22. The number of benzene rings is 1. The molecule has 0 saturated carbocycles. The molecule has 0 spiro atoms. The first-order chi connectivity index (χ1) is 11.6. The third kappa shape index (κ3) is 4.79. The summed E-state index contributed by atoms with van der Waals surface area (Å²) in [5.41, 5.74) is 4.52. The van der Waals surface area contributed by atoms with E-state index >= 15 is 0 Å².